The molecule has 0 spiro atoms. The van der Waals surface area contributed by atoms with Gasteiger partial charge in [0.15, 0.2) is 18.1 Å². The Kier molecular flexibility index (Phi) is 7.55. The van der Waals surface area contributed by atoms with Crippen molar-refractivity contribution < 1.29 is 23.8 Å². The Morgan fingerprint density at radius 1 is 1.00 bits per heavy atom. The minimum absolute atomic E-state index is 0.280. The first-order chi connectivity index (χ1) is 13.0. The lowest BCUT2D eigenvalue weighted by Gasteiger charge is -2.17. The molecule has 0 atom stereocenters. The molecule has 7 heteroatoms. The van der Waals surface area contributed by atoms with E-state index in [1.54, 1.807) is 30.9 Å². The molecule has 2 aromatic carbocycles. The van der Waals surface area contributed by atoms with Crippen LogP contribution in [0.15, 0.2) is 47.4 Å². The first-order valence-electron chi connectivity index (χ1n) is 8.24. The fourth-order valence-electron chi connectivity index (χ4n) is 2.38. The maximum absolute atomic E-state index is 12.2. The fraction of sp³-hybridized carbons (Fsp3) is 0.300. The van der Waals surface area contributed by atoms with Crippen LogP contribution in [0.4, 0.5) is 0 Å². The fourth-order valence-corrected chi connectivity index (χ4v) is 2.79. The van der Waals surface area contributed by atoms with Gasteiger partial charge in [-0.05, 0) is 42.2 Å². The predicted octanol–water partition coefficient (Wildman–Crippen LogP) is 3.24. The van der Waals surface area contributed by atoms with Crippen molar-refractivity contribution in [2.45, 2.75) is 11.4 Å². The highest BCUT2D eigenvalue weighted by molar-refractivity contribution is 7.98. The molecule has 27 heavy (non-hydrogen) atoms. The average molecular weight is 389 g/mol. The van der Waals surface area contributed by atoms with E-state index in [4.69, 9.17) is 14.2 Å². The van der Waals surface area contributed by atoms with Crippen molar-refractivity contribution in [1.29, 1.82) is 0 Å². The van der Waals surface area contributed by atoms with Gasteiger partial charge in [-0.2, -0.15) is 0 Å². The Morgan fingerprint density at radius 3 is 2.26 bits per heavy atom. The minimum Gasteiger partial charge on any atom is -0.493 e. The SMILES string of the molecule is COc1ccc(C(=O)OCC(=O)N(C)Cc2ccc(SC)cc2)cc1OC. The van der Waals surface area contributed by atoms with Crippen LogP contribution >= 0.6 is 11.8 Å². The summed E-state index contributed by atoms with van der Waals surface area (Å²) >= 11 is 1.66. The summed E-state index contributed by atoms with van der Waals surface area (Å²) < 4.78 is 15.4. The van der Waals surface area contributed by atoms with Crippen LogP contribution in [-0.4, -0.2) is 50.9 Å². The van der Waals surface area contributed by atoms with E-state index in [-0.39, 0.29) is 18.1 Å². The maximum Gasteiger partial charge on any atom is 0.338 e. The summed E-state index contributed by atoms with van der Waals surface area (Å²) in [6, 6.07) is 12.7. The lowest BCUT2D eigenvalue weighted by molar-refractivity contribution is -0.133. The van der Waals surface area contributed by atoms with E-state index in [9.17, 15) is 9.59 Å². The molecule has 0 aliphatic rings. The number of benzene rings is 2. The second kappa shape index (κ2) is 9.87. The summed E-state index contributed by atoms with van der Waals surface area (Å²) in [5, 5.41) is 0. The highest BCUT2D eigenvalue weighted by Gasteiger charge is 2.16. The molecule has 2 aromatic rings. The maximum atomic E-state index is 12.2. The largest absolute Gasteiger partial charge is 0.493 e. The number of carbonyl (C=O) groups is 2. The van der Waals surface area contributed by atoms with Crippen LogP contribution in [0.25, 0.3) is 0 Å². The number of ether oxygens (including phenoxy) is 3. The second-order valence-corrected chi connectivity index (χ2v) is 6.62. The van der Waals surface area contributed by atoms with Crippen LogP contribution in [0.5, 0.6) is 11.5 Å². The van der Waals surface area contributed by atoms with Gasteiger partial charge in [-0.1, -0.05) is 12.1 Å². The van der Waals surface area contributed by atoms with E-state index in [1.807, 2.05) is 30.5 Å². The van der Waals surface area contributed by atoms with E-state index in [2.05, 4.69) is 0 Å². The van der Waals surface area contributed by atoms with E-state index in [1.165, 1.54) is 25.2 Å². The zero-order valence-corrected chi connectivity index (χ0v) is 16.7. The van der Waals surface area contributed by atoms with Crippen molar-refractivity contribution in [2.24, 2.45) is 0 Å². The van der Waals surface area contributed by atoms with Gasteiger partial charge in [0.1, 0.15) is 0 Å². The summed E-state index contributed by atoms with van der Waals surface area (Å²) in [5.74, 6) is 0.0567. The Balaban J connectivity index is 1.90. The van der Waals surface area contributed by atoms with Crippen LogP contribution in [0.1, 0.15) is 15.9 Å². The van der Waals surface area contributed by atoms with Crippen LogP contribution in [-0.2, 0) is 16.1 Å². The van der Waals surface area contributed by atoms with Crippen molar-refractivity contribution in [3.63, 3.8) is 0 Å². The molecule has 0 saturated heterocycles. The molecule has 0 aliphatic heterocycles. The Hall–Kier alpha value is -2.67. The van der Waals surface area contributed by atoms with Gasteiger partial charge in [0.05, 0.1) is 19.8 Å². The summed E-state index contributed by atoms with van der Waals surface area (Å²) in [6.07, 6.45) is 2.01. The van der Waals surface area contributed by atoms with Crippen molar-refractivity contribution >= 4 is 23.6 Å². The number of amides is 1. The zero-order chi connectivity index (χ0) is 19.8. The van der Waals surface area contributed by atoms with Crippen molar-refractivity contribution in [1.82, 2.24) is 4.90 Å². The number of methoxy groups -OCH3 is 2. The zero-order valence-electron chi connectivity index (χ0n) is 15.9. The van der Waals surface area contributed by atoms with Crippen LogP contribution in [0.3, 0.4) is 0 Å². The summed E-state index contributed by atoms with van der Waals surface area (Å²) in [5.41, 5.74) is 1.30. The normalized spacial score (nSPS) is 10.2. The number of hydrogen-bond acceptors (Lipinski definition) is 6. The lowest BCUT2D eigenvalue weighted by atomic mass is 10.2. The van der Waals surface area contributed by atoms with Gasteiger partial charge in [-0.15, -0.1) is 11.8 Å². The standard InChI is InChI=1S/C20H23NO5S/c1-21(12-14-5-8-16(27-4)9-6-14)19(22)13-26-20(23)15-7-10-17(24-2)18(11-15)25-3/h5-11H,12-13H2,1-4H3. The minimum atomic E-state index is -0.595. The molecule has 144 valence electrons. The van der Waals surface area contributed by atoms with Gasteiger partial charge in [0.2, 0.25) is 0 Å². The Labute approximate surface area is 163 Å². The van der Waals surface area contributed by atoms with Gasteiger partial charge >= 0.3 is 5.97 Å². The van der Waals surface area contributed by atoms with Gasteiger partial charge in [0, 0.05) is 18.5 Å². The molecule has 0 radical (unpaired) electrons. The smallest absolute Gasteiger partial charge is 0.338 e. The first-order valence-corrected chi connectivity index (χ1v) is 9.47. The molecule has 1 amide bonds. The molecule has 0 aromatic heterocycles. The van der Waals surface area contributed by atoms with Crippen molar-refractivity contribution in [3.05, 3.63) is 53.6 Å². The number of nitrogens with zero attached hydrogens (tertiary/aromatic N) is 1. The molecule has 0 aliphatic carbocycles. The number of thioether (sulfide) groups is 1. The molecule has 0 saturated carbocycles. The molecule has 0 heterocycles. The number of esters is 1. The molecule has 6 nitrogen and oxygen atoms in total. The number of hydrogen-bond donors (Lipinski definition) is 0. The van der Waals surface area contributed by atoms with E-state index in [0.29, 0.717) is 18.0 Å². The topological polar surface area (TPSA) is 65.1 Å². The van der Waals surface area contributed by atoms with Crippen LogP contribution < -0.4 is 9.47 Å². The quantitative estimate of drug-likeness (QED) is 0.510. The Morgan fingerprint density at radius 2 is 1.67 bits per heavy atom. The second-order valence-electron chi connectivity index (χ2n) is 5.74. The molecular formula is C20H23NO5S. The number of carbonyl (C=O) groups excluding carboxylic acids is 2. The third-order valence-electron chi connectivity index (χ3n) is 3.95. The van der Waals surface area contributed by atoms with Gasteiger partial charge in [0.25, 0.3) is 5.91 Å². The van der Waals surface area contributed by atoms with Crippen LogP contribution in [0, 0.1) is 0 Å². The molecular weight excluding hydrogens is 366 g/mol. The van der Waals surface area contributed by atoms with Crippen LogP contribution in [0.2, 0.25) is 0 Å². The first kappa shape index (κ1) is 20.6. The molecule has 0 bridgehead atoms. The number of likely N-dealkylation sites (N-methyl/N-ethyl adjacent to an activating group) is 1. The summed E-state index contributed by atoms with van der Waals surface area (Å²) in [7, 11) is 4.67. The summed E-state index contributed by atoms with van der Waals surface area (Å²) in [6.45, 7) is 0.119. The predicted molar refractivity (Wildman–Crippen MR) is 105 cm³/mol. The average Bonchev–Trinajstić information content (AvgIpc) is 2.71. The molecule has 0 fully saturated rings. The monoisotopic (exact) mass is 389 g/mol. The van der Waals surface area contributed by atoms with Gasteiger partial charge in [-0.25, -0.2) is 4.79 Å². The molecule has 0 unspecified atom stereocenters. The van der Waals surface area contributed by atoms with Crippen molar-refractivity contribution in [3.8, 4) is 11.5 Å². The lowest BCUT2D eigenvalue weighted by Crippen LogP contribution is -2.30. The number of rotatable bonds is 8. The summed E-state index contributed by atoms with van der Waals surface area (Å²) in [4.78, 5) is 27.1. The molecule has 2 rings (SSSR count). The molecule has 0 N–H and O–H groups in total. The van der Waals surface area contributed by atoms with E-state index < -0.39 is 5.97 Å². The highest BCUT2D eigenvalue weighted by Crippen LogP contribution is 2.27. The highest BCUT2D eigenvalue weighted by atomic mass is 32.2. The third-order valence-corrected chi connectivity index (χ3v) is 4.69. The van der Waals surface area contributed by atoms with Gasteiger partial charge in [-0.3, -0.25) is 4.79 Å². The third kappa shape index (κ3) is 5.65. The van der Waals surface area contributed by atoms with Crippen molar-refractivity contribution in [2.75, 3.05) is 34.1 Å². The van der Waals surface area contributed by atoms with E-state index >= 15 is 0 Å². The van der Waals surface area contributed by atoms with Gasteiger partial charge < -0.3 is 19.1 Å². The van der Waals surface area contributed by atoms with E-state index in [0.717, 1.165) is 10.5 Å². The Bertz CT molecular complexity index is 791.